The number of rotatable bonds is 15. The third-order valence-electron chi connectivity index (χ3n) is 12.1. The Balaban J connectivity index is 1.08. The summed E-state index contributed by atoms with van der Waals surface area (Å²) in [5, 5.41) is 110. The number of hydrogen-bond donors (Lipinski definition) is 10. The van der Waals surface area contributed by atoms with E-state index in [-0.39, 0.29) is 65.2 Å². The van der Waals surface area contributed by atoms with E-state index < -0.39 is 89.5 Å². The fraction of sp³-hybridized carbons (Fsp3) is 0.271. The summed E-state index contributed by atoms with van der Waals surface area (Å²) in [6.45, 7) is -0.904. The lowest BCUT2D eigenvalue weighted by Crippen LogP contribution is -2.79. The first-order chi connectivity index (χ1) is 32.2. The maximum Gasteiger partial charge on any atom is 0.336 e. The SMILES string of the molecule is N=C1C=CC(C(O)C(CO)Oc2ccc(C3C=C(O)c4c(cc(OC5OC(C(=O)O)C6(O)C(C7=NC=NC7)C(Cc7ccccc7)=CC5(O)C6O)c(OCc5cccc(O)c5)c4O)O3)cc2)=N1. The second-order valence-electron chi connectivity index (χ2n) is 16.5. The Morgan fingerprint density at radius 1 is 0.970 bits per heavy atom. The maximum atomic E-state index is 13.1. The summed E-state index contributed by atoms with van der Waals surface area (Å²) in [7, 11) is 0. The number of benzene rings is 4. The summed E-state index contributed by atoms with van der Waals surface area (Å²) in [6.07, 6.45) is -3.43. The Morgan fingerprint density at radius 3 is 2.40 bits per heavy atom. The van der Waals surface area contributed by atoms with Crippen molar-refractivity contribution in [3.63, 3.8) is 0 Å². The van der Waals surface area contributed by atoms with E-state index >= 15 is 0 Å². The zero-order valence-corrected chi connectivity index (χ0v) is 35.2. The van der Waals surface area contributed by atoms with Gasteiger partial charge in [-0.2, -0.15) is 0 Å². The number of fused-ring (bicyclic) bond motifs is 3. The van der Waals surface area contributed by atoms with Gasteiger partial charge >= 0.3 is 5.97 Å². The standard InChI is InChI=1S/C48H44N4O15/c49-37-14-13-30(52-37)40(56)36(21-53)64-29-11-9-26(10-12-29)33-17-32(55)38-34(65-33)18-35(42(41(38)57)63-22-25-7-4-8-28(54)16-25)66-46-47(61)19-27(15-24-5-2-1-3-6-24)39(31-20-50-23-51-31)48(62,45(47)60)43(67-46)44(58)59/h1-14,16-19,23,33,36,39-40,43,45-46,49,53-57,60-62H,15,20-22H2,(H,58,59). The van der Waals surface area contributed by atoms with Crippen LogP contribution in [0.5, 0.6) is 34.5 Å². The van der Waals surface area contributed by atoms with Crippen molar-refractivity contribution in [1.82, 2.24) is 0 Å². The van der Waals surface area contributed by atoms with E-state index in [1.807, 2.05) is 0 Å². The lowest BCUT2D eigenvalue weighted by atomic mass is 9.60. The van der Waals surface area contributed by atoms with Crippen LogP contribution >= 0.6 is 0 Å². The van der Waals surface area contributed by atoms with E-state index in [9.17, 15) is 50.8 Å². The fourth-order valence-electron chi connectivity index (χ4n) is 8.91. The lowest BCUT2D eigenvalue weighted by molar-refractivity contribution is -0.338. The molecule has 1 fully saturated rings. The first-order valence-electron chi connectivity index (χ1n) is 20.9. The molecule has 0 aromatic heterocycles. The highest BCUT2D eigenvalue weighted by Gasteiger charge is 2.71. The van der Waals surface area contributed by atoms with Crippen molar-refractivity contribution in [2.45, 2.75) is 61.0 Å². The molecule has 0 saturated carbocycles. The van der Waals surface area contributed by atoms with Gasteiger partial charge in [0.25, 0.3) is 0 Å². The average molecular weight is 917 g/mol. The molecule has 346 valence electrons. The summed E-state index contributed by atoms with van der Waals surface area (Å²) >= 11 is 0. The van der Waals surface area contributed by atoms with Crippen molar-refractivity contribution in [2.24, 2.45) is 20.9 Å². The van der Waals surface area contributed by atoms with Crippen molar-refractivity contribution in [2.75, 3.05) is 13.2 Å². The summed E-state index contributed by atoms with van der Waals surface area (Å²) in [4.78, 5) is 25.5. The highest BCUT2D eigenvalue weighted by molar-refractivity contribution is 6.15. The van der Waals surface area contributed by atoms with Crippen LogP contribution in [-0.4, -0.2) is 131 Å². The molecule has 2 bridgehead atoms. The van der Waals surface area contributed by atoms with E-state index in [1.54, 1.807) is 54.6 Å². The quantitative estimate of drug-likeness (QED) is 0.0767. The zero-order chi connectivity index (χ0) is 47.2. The summed E-state index contributed by atoms with van der Waals surface area (Å²) in [6, 6.07) is 22.4. The Labute approximate surface area is 381 Å². The van der Waals surface area contributed by atoms with Crippen molar-refractivity contribution in [3.05, 3.63) is 137 Å². The van der Waals surface area contributed by atoms with Crippen molar-refractivity contribution < 1.29 is 74.4 Å². The molecule has 0 spiro atoms. The number of nitrogens with zero attached hydrogens (tertiary/aromatic N) is 3. The molecule has 4 aromatic carbocycles. The number of nitrogens with one attached hydrogen (secondary N) is 1. The predicted molar refractivity (Wildman–Crippen MR) is 238 cm³/mol. The van der Waals surface area contributed by atoms with Gasteiger partial charge in [-0.15, -0.1) is 0 Å². The van der Waals surface area contributed by atoms with Gasteiger partial charge in [-0.25, -0.2) is 14.8 Å². The van der Waals surface area contributed by atoms with Crippen LogP contribution in [0.25, 0.3) is 5.76 Å². The van der Waals surface area contributed by atoms with Gasteiger partial charge in [-0.1, -0.05) is 60.2 Å². The number of amidine groups is 1. The van der Waals surface area contributed by atoms with Gasteiger partial charge in [0.2, 0.25) is 12.0 Å². The number of ether oxygens (including phenoxy) is 5. The van der Waals surface area contributed by atoms with Crippen LogP contribution in [0.2, 0.25) is 0 Å². The number of aliphatic hydroxyl groups excluding tert-OH is 4. The largest absolute Gasteiger partial charge is 0.508 e. The second-order valence-corrected chi connectivity index (χ2v) is 16.5. The molecule has 19 nitrogen and oxygen atoms in total. The Bertz CT molecular complexity index is 2790. The van der Waals surface area contributed by atoms with Gasteiger partial charge < -0.3 is 69.6 Å². The topological polar surface area (TPSA) is 306 Å². The number of aliphatic hydroxyl groups is 6. The van der Waals surface area contributed by atoms with E-state index in [1.165, 1.54) is 61.0 Å². The molecule has 9 atom stereocenters. The third kappa shape index (κ3) is 8.28. The molecule has 0 amide bonds. The average Bonchev–Trinajstić information content (AvgIpc) is 4.00. The number of phenols is 2. The maximum absolute atomic E-state index is 13.1. The van der Waals surface area contributed by atoms with Crippen molar-refractivity contribution in [1.29, 1.82) is 5.41 Å². The van der Waals surface area contributed by atoms with Gasteiger partial charge in [0.1, 0.15) is 71.3 Å². The minimum atomic E-state index is -2.72. The molecule has 19 heteroatoms. The third-order valence-corrected chi connectivity index (χ3v) is 12.1. The first kappa shape index (κ1) is 44.8. The number of carboxylic acids is 1. The number of aromatic hydroxyl groups is 2. The van der Waals surface area contributed by atoms with Gasteiger partial charge in [0.05, 0.1) is 30.5 Å². The number of aliphatic carboxylic acids is 1. The van der Waals surface area contributed by atoms with Gasteiger partial charge in [-0.05, 0) is 65.6 Å². The van der Waals surface area contributed by atoms with E-state index in [2.05, 4.69) is 15.0 Å². The molecule has 5 aliphatic rings. The van der Waals surface area contributed by atoms with E-state index in [0.717, 1.165) is 5.56 Å². The van der Waals surface area contributed by atoms with Crippen LogP contribution in [0, 0.1) is 11.3 Å². The molecule has 4 aliphatic heterocycles. The minimum Gasteiger partial charge on any atom is -0.508 e. The zero-order valence-electron chi connectivity index (χ0n) is 35.2. The summed E-state index contributed by atoms with van der Waals surface area (Å²) in [5.41, 5.74) is -3.37. The molecular weight excluding hydrogens is 873 g/mol. The Morgan fingerprint density at radius 2 is 1.73 bits per heavy atom. The normalized spacial score (nSPS) is 26.9. The molecule has 9 unspecified atom stereocenters. The highest BCUT2D eigenvalue weighted by Crippen LogP contribution is 2.54. The molecule has 4 aromatic rings. The molecule has 1 aliphatic carbocycles. The number of aliphatic imine (C=N–C) groups is 3. The number of hydrogen-bond acceptors (Lipinski definition) is 17. The van der Waals surface area contributed by atoms with Crippen LogP contribution < -0.4 is 18.9 Å². The molecule has 0 radical (unpaired) electrons. The predicted octanol–water partition coefficient (Wildman–Crippen LogP) is 3.09. The van der Waals surface area contributed by atoms with Crippen LogP contribution in [0.4, 0.5) is 0 Å². The van der Waals surface area contributed by atoms with Crippen LogP contribution in [0.3, 0.4) is 0 Å². The lowest BCUT2D eigenvalue weighted by Gasteiger charge is -2.57. The summed E-state index contributed by atoms with van der Waals surface area (Å²) < 4.78 is 30.4. The molecule has 10 N–H and O–H groups in total. The molecule has 67 heavy (non-hydrogen) atoms. The molecule has 1 saturated heterocycles. The van der Waals surface area contributed by atoms with Gasteiger partial charge in [-0.3, -0.25) is 10.4 Å². The second kappa shape index (κ2) is 17.8. The van der Waals surface area contributed by atoms with Gasteiger partial charge in [0, 0.05) is 12.1 Å². The number of carboxylic acid groups (broad SMARTS) is 1. The highest BCUT2D eigenvalue weighted by atomic mass is 16.7. The molecular formula is C48H44N4O15. The Kier molecular flexibility index (Phi) is 11.9. The molecule has 4 heterocycles. The number of phenolic OH excluding ortho intramolecular Hbond substituents is 2. The Hall–Kier alpha value is -7.39. The monoisotopic (exact) mass is 916 g/mol. The number of carbonyl (C=O) groups is 1. The fourth-order valence-corrected chi connectivity index (χ4v) is 8.91. The van der Waals surface area contributed by atoms with Crippen molar-refractivity contribution in [3.8, 4) is 34.5 Å². The summed E-state index contributed by atoms with van der Waals surface area (Å²) in [5.74, 6) is -5.12. The molecule has 9 rings (SSSR count). The van der Waals surface area contributed by atoms with Crippen molar-refractivity contribution >= 4 is 35.3 Å². The van der Waals surface area contributed by atoms with Crippen LogP contribution in [0.1, 0.15) is 28.4 Å². The van der Waals surface area contributed by atoms with Crippen LogP contribution in [0.15, 0.2) is 130 Å². The van der Waals surface area contributed by atoms with Gasteiger partial charge in [0.15, 0.2) is 29.3 Å². The first-order valence-corrected chi connectivity index (χ1v) is 20.9. The van der Waals surface area contributed by atoms with Crippen LogP contribution in [-0.2, 0) is 22.6 Å². The smallest absolute Gasteiger partial charge is 0.336 e. The van der Waals surface area contributed by atoms with E-state index in [4.69, 9.17) is 29.1 Å². The minimum absolute atomic E-state index is 0.0264. The van der Waals surface area contributed by atoms with E-state index in [0.29, 0.717) is 11.1 Å².